The van der Waals surface area contributed by atoms with Gasteiger partial charge in [-0.1, -0.05) is 24.6 Å². The Labute approximate surface area is 130 Å². The molecule has 0 aliphatic heterocycles. The first kappa shape index (κ1) is 17.6. The lowest BCUT2D eigenvalue weighted by atomic mass is 10.2. The molecule has 1 amide bonds. The molecular weight excluding hydrogens is 286 g/mol. The summed E-state index contributed by atoms with van der Waals surface area (Å²) in [5, 5.41) is 8.94. The van der Waals surface area contributed by atoms with Crippen molar-refractivity contribution < 1.29 is 14.7 Å². The minimum Gasteiger partial charge on any atom is -0.481 e. The summed E-state index contributed by atoms with van der Waals surface area (Å²) in [5.74, 6) is -1.09. The molecule has 4 nitrogen and oxygen atoms in total. The van der Waals surface area contributed by atoms with E-state index in [4.69, 9.17) is 5.11 Å². The molecule has 1 unspecified atom stereocenters. The maximum absolute atomic E-state index is 12.2. The van der Waals surface area contributed by atoms with Crippen LogP contribution in [0.1, 0.15) is 25.0 Å². The van der Waals surface area contributed by atoms with Crippen molar-refractivity contribution in [3.05, 3.63) is 29.3 Å². The molecule has 0 aromatic heterocycles. The van der Waals surface area contributed by atoms with Gasteiger partial charge in [0.1, 0.15) is 0 Å². The summed E-state index contributed by atoms with van der Waals surface area (Å²) in [6.07, 6.45) is 0. The number of nitrogens with zero attached hydrogens (tertiary/aromatic N) is 1. The number of aliphatic carboxylic acids is 1. The standard InChI is InChI=1S/C16H23NO3S/c1-5-17(9-13(4)16(19)20)15(18)10-21-14-8-11(2)6-7-12(14)3/h6-8,13H,5,9-10H2,1-4H3,(H,19,20). The minimum absolute atomic E-state index is 0.0171. The van der Waals surface area contributed by atoms with Crippen molar-refractivity contribution in [2.75, 3.05) is 18.8 Å². The SMILES string of the molecule is CCN(CC(C)C(=O)O)C(=O)CSc1cc(C)ccc1C. The van der Waals surface area contributed by atoms with Crippen LogP contribution < -0.4 is 0 Å². The largest absolute Gasteiger partial charge is 0.481 e. The molecule has 0 heterocycles. The van der Waals surface area contributed by atoms with Crippen molar-refractivity contribution in [1.29, 1.82) is 0 Å². The zero-order valence-electron chi connectivity index (χ0n) is 13.0. The van der Waals surface area contributed by atoms with Crippen LogP contribution in [0.3, 0.4) is 0 Å². The summed E-state index contributed by atoms with van der Waals surface area (Å²) in [6, 6.07) is 6.17. The number of hydrogen-bond acceptors (Lipinski definition) is 3. The average molecular weight is 309 g/mol. The van der Waals surface area contributed by atoms with Gasteiger partial charge in [-0.3, -0.25) is 9.59 Å². The molecule has 1 rings (SSSR count). The zero-order valence-corrected chi connectivity index (χ0v) is 13.9. The van der Waals surface area contributed by atoms with E-state index in [2.05, 4.69) is 6.07 Å². The molecule has 0 fully saturated rings. The van der Waals surface area contributed by atoms with Gasteiger partial charge < -0.3 is 10.0 Å². The first-order valence-electron chi connectivity index (χ1n) is 7.05. The molecule has 0 aliphatic rings. The molecule has 21 heavy (non-hydrogen) atoms. The van der Waals surface area contributed by atoms with Gasteiger partial charge in [0.05, 0.1) is 11.7 Å². The number of benzene rings is 1. The molecule has 0 aliphatic carbocycles. The Kier molecular flexibility index (Phi) is 6.75. The lowest BCUT2D eigenvalue weighted by Gasteiger charge is -2.23. The number of hydrogen-bond donors (Lipinski definition) is 1. The van der Waals surface area contributed by atoms with Gasteiger partial charge in [0, 0.05) is 18.0 Å². The van der Waals surface area contributed by atoms with E-state index in [1.165, 1.54) is 17.3 Å². The van der Waals surface area contributed by atoms with E-state index in [1.807, 2.05) is 32.9 Å². The molecule has 0 bridgehead atoms. The molecule has 1 aromatic rings. The second-order valence-corrected chi connectivity index (χ2v) is 6.25. The highest BCUT2D eigenvalue weighted by Crippen LogP contribution is 2.23. The van der Waals surface area contributed by atoms with E-state index in [-0.39, 0.29) is 12.5 Å². The molecule has 5 heteroatoms. The van der Waals surface area contributed by atoms with Gasteiger partial charge in [-0.15, -0.1) is 11.8 Å². The van der Waals surface area contributed by atoms with E-state index in [0.29, 0.717) is 12.3 Å². The predicted molar refractivity (Wildman–Crippen MR) is 85.7 cm³/mol. The Bertz CT molecular complexity index is 516. The number of amides is 1. The molecule has 0 radical (unpaired) electrons. The van der Waals surface area contributed by atoms with E-state index in [1.54, 1.807) is 11.8 Å². The quantitative estimate of drug-likeness (QED) is 0.787. The Morgan fingerprint density at radius 1 is 1.33 bits per heavy atom. The first-order chi connectivity index (χ1) is 9.85. The van der Waals surface area contributed by atoms with Crippen LogP contribution in [-0.4, -0.2) is 40.7 Å². The van der Waals surface area contributed by atoms with E-state index < -0.39 is 11.9 Å². The Morgan fingerprint density at radius 3 is 2.57 bits per heavy atom. The smallest absolute Gasteiger partial charge is 0.308 e. The summed E-state index contributed by atoms with van der Waals surface area (Å²) in [5.41, 5.74) is 2.32. The number of thioether (sulfide) groups is 1. The Balaban J connectivity index is 2.62. The van der Waals surface area contributed by atoms with Crippen LogP contribution in [0.15, 0.2) is 23.1 Å². The lowest BCUT2D eigenvalue weighted by molar-refractivity contribution is -0.142. The molecular formula is C16H23NO3S. The zero-order chi connectivity index (χ0) is 16.0. The fourth-order valence-electron chi connectivity index (χ4n) is 1.91. The van der Waals surface area contributed by atoms with Gasteiger partial charge >= 0.3 is 5.97 Å². The molecule has 0 saturated carbocycles. The highest BCUT2D eigenvalue weighted by atomic mass is 32.2. The van der Waals surface area contributed by atoms with Gasteiger partial charge in [-0.25, -0.2) is 0 Å². The molecule has 1 atom stereocenters. The van der Waals surface area contributed by atoms with Crippen LogP contribution >= 0.6 is 11.8 Å². The monoisotopic (exact) mass is 309 g/mol. The fourth-order valence-corrected chi connectivity index (χ4v) is 2.94. The number of aryl methyl sites for hydroxylation is 2. The third kappa shape index (κ3) is 5.42. The van der Waals surface area contributed by atoms with Crippen molar-refractivity contribution in [2.24, 2.45) is 5.92 Å². The van der Waals surface area contributed by atoms with E-state index in [0.717, 1.165) is 10.5 Å². The fraction of sp³-hybridized carbons (Fsp3) is 0.500. The normalized spacial score (nSPS) is 12.0. The van der Waals surface area contributed by atoms with Crippen molar-refractivity contribution in [3.8, 4) is 0 Å². The molecule has 1 aromatic carbocycles. The van der Waals surface area contributed by atoms with Crippen LogP contribution in [-0.2, 0) is 9.59 Å². The third-order valence-electron chi connectivity index (χ3n) is 3.35. The number of carboxylic acids is 1. The van der Waals surface area contributed by atoms with Crippen LogP contribution in [0.4, 0.5) is 0 Å². The van der Waals surface area contributed by atoms with Gasteiger partial charge in [-0.2, -0.15) is 0 Å². The topological polar surface area (TPSA) is 57.6 Å². The first-order valence-corrected chi connectivity index (χ1v) is 8.04. The van der Waals surface area contributed by atoms with Crippen molar-refractivity contribution in [1.82, 2.24) is 4.90 Å². The van der Waals surface area contributed by atoms with Crippen LogP contribution in [0.5, 0.6) is 0 Å². The highest BCUT2D eigenvalue weighted by Gasteiger charge is 2.19. The van der Waals surface area contributed by atoms with E-state index >= 15 is 0 Å². The predicted octanol–water partition coefficient (Wildman–Crippen LogP) is 2.96. The van der Waals surface area contributed by atoms with Crippen molar-refractivity contribution in [2.45, 2.75) is 32.6 Å². The number of carbonyl (C=O) groups excluding carboxylic acids is 1. The van der Waals surface area contributed by atoms with Gasteiger partial charge in [0.25, 0.3) is 0 Å². The summed E-state index contributed by atoms with van der Waals surface area (Å²) in [4.78, 5) is 25.8. The van der Waals surface area contributed by atoms with Gasteiger partial charge in [-0.05, 0) is 32.4 Å². The number of rotatable bonds is 7. The van der Waals surface area contributed by atoms with Crippen LogP contribution in [0, 0.1) is 19.8 Å². The maximum Gasteiger partial charge on any atom is 0.308 e. The van der Waals surface area contributed by atoms with Gasteiger partial charge in [0.2, 0.25) is 5.91 Å². The summed E-state index contributed by atoms with van der Waals surface area (Å²) < 4.78 is 0. The summed E-state index contributed by atoms with van der Waals surface area (Å²) in [7, 11) is 0. The Morgan fingerprint density at radius 2 is 2.00 bits per heavy atom. The number of carboxylic acid groups (broad SMARTS) is 1. The maximum atomic E-state index is 12.2. The molecule has 0 saturated heterocycles. The van der Waals surface area contributed by atoms with E-state index in [9.17, 15) is 9.59 Å². The lowest BCUT2D eigenvalue weighted by Crippen LogP contribution is -2.37. The van der Waals surface area contributed by atoms with Crippen molar-refractivity contribution >= 4 is 23.6 Å². The van der Waals surface area contributed by atoms with Gasteiger partial charge in [0.15, 0.2) is 0 Å². The second-order valence-electron chi connectivity index (χ2n) is 5.23. The third-order valence-corrected chi connectivity index (χ3v) is 4.49. The molecule has 0 spiro atoms. The summed E-state index contributed by atoms with van der Waals surface area (Å²) >= 11 is 1.51. The number of carbonyl (C=O) groups is 2. The highest BCUT2D eigenvalue weighted by molar-refractivity contribution is 8.00. The van der Waals surface area contributed by atoms with Crippen LogP contribution in [0.25, 0.3) is 0 Å². The molecule has 116 valence electrons. The minimum atomic E-state index is -0.872. The van der Waals surface area contributed by atoms with Crippen molar-refractivity contribution in [3.63, 3.8) is 0 Å². The molecule has 1 N–H and O–H groups in total. The summed E-state index contributed by atoms with van der Waals surface area (Å²) in [6.45, 7) is 8.33. The average Bonchev–Trinajstić information content (AvgIpc) is 2.44. The Hall–Kier alpha value is -1.49. The van der Waals surface area contributed by atoms with Crippen LogP contribution in [0.2, 0.25) is 0 Å². The second kappa shape index (κ2) is 8.08.